The van der Waals surface area contributed by atoms with Crippen molar-refractivity contribution in [1.82, 2.24) is 10.2 Å². The summed E-state index contributed by atoms with van der Waals surface area (Å²) < 4.78 is 44.2. The molecule has 1 aliphatic carbocycles. The second kappa shape index (κ2) is 5.34. The Morgan fingerprint density at radius 2 is 1.90 bits per heavy atom. The van der Waals surface area contributed by atoms with Crippen molar-refractivity contribution in [2.45, 2.75) is 69.8 Å². The van der Waals surface area contributed by atoms with Crippen LogP contribution in [0, 0.1) is 0 Å². The van der Waals surface area contributed by atoms with Crippen LogP contribution in [0.15, 0.2) is 0 Å². The van der Waals surface area contributed by atoms with Crippen molar-refractivity contribution >= 4 is 6.09 Å². The Hall–Kier alpha value is -0.980. The average Bonchev–Trinajstić information content (AvgIpc) is 3.07. The lowest BCUT2D eigenvalue weighted by molar-refractivity contribution is -0.168. The van der Waals surface area contributed by atoms with Gasteiger partial charge in [-0.3, -0.25) is 5.32 Å². The molecule has 1 amide bonds. The lowest BCUT2D eigenvalue weighted by Gasteiger charge is -2.36. The number of hydrogen-bond acceptors (Lipinski definition) is 3. The summed E-state index contributed by atoms with van der Waals surface area (Å²) in [6, 6.07) is -0.324. The number of likely N-dealkylation sites (tertiary alicyclic amines) is 1. The van der Waals surface area contributed by atoms with Gasteiger partial charge in [0.25, 0.3) is 0 Å². The summed E-state index contributed by atoms with van der Waals surface area (Å²) in [7, 11) is 0. The van der Waals surface area contributed by atoms with Crippen LogP contribution in [-0.2, 0) is 4.74 Å². The van der Waals surface area contributed by atoms with E-state index in [9.17, 15) is 18.0 Å². The minimum absolute atomic E-state index is 0.124. The molecule has 2 fully saturated rings. The van der Waals surface area contributed by atoms with Crippen molar-refractivity contribution in [2.24, 2.45) is 0 Å². The summed E-state index contributed by atoms with van der Waals surface area (Å²) in [5.41, 5.74) is -2.32. The van der Waals surface area contributed by atoms with Gasteiger partial charge < -0.3 is 9.64 Å². The van der Waals surface area contributed by atoms with Crippen molar-refractivity contribution in [1.29, 1.82) is 0 Å². The molecule has 0 bridgehead atoms. The molecule has 0 spiro atoms. The van der Waals surface area contributed by atoms with Gasteiger partial charge in [-0.25, -0.2) is 4.79 Å². The second-order valence-electron chi connectivity index (χ2n) is 6.99. The van der Waals surface area contributed by atoms with E-state index in [4.69, 9.17) is 4.74 Å². The van der Waals surface area contributed by atoms with E-state index in [1.165, 1.54) is 4.90 Å². The van der Waals surface area contributed by atoms with Crippen LogP contribution in [0.1, 0.15) is 46.5 Å². The molecule has 1 saturated heterocycles. The van der Waals surface area contributed by atoms with Gasteiger partial charge in [-0.05, 0) is 46.5 Å². The maximum absolute atomic E-state index is 13.0. The molecular formula is C14H23F3N2O2. The third-order valence-electron chi connectivity index (χ3n) is 3.85. The molecule has 0 aromatic rings. The lowest BCUT2D eigenvalue weighted by atomic mass is 10.0. The number of nitrogens with zero attached hydrogens (tertiary/aromatic N) is 1. The molecule has 1 saturated carbocycles. The van der Waals surface area contributed by atoms with E-state index >= 15 is 0 Å². The minimum atomic E-state index is -4.22. The van der Waals surface area contributed by atoms with Crippen LogP contribution in [0.5, 0.6) is 0 Å². The van der Waals surface area contributed by atoms with Gasteiger partial charge in [0.2, 0.25) is 0 Å². The molecule has 1 unspecified atom stereocenters. The molecule has 2 rings (SSSR count). The normalized spacial score (nSPS) is 25.6. The van der Waals surface area contributed by atoms with Crippen molar-refractivity contribution in [3.8, 4) is 0 Å². The van der Waals surface area contributed by atoms with Crippen LogP contribution in [-0.4, -0.2) is 47.4 Å². The van der Waals surface area contributed by atoms with Crippen molar-refractivity contribution < 1.29 is 22.7 Å². The third kappa shape index (κ3) is 4.02. The fourth-order valence-corrected chi connectivity index (χ4v) is 2.61. The van der Waals surface area contributed by atoms with Gasteiger partial charge in [-0.1, -0.05) is 0 Å². The highest BCUT2D eigenvalue weighted by Gasteiger charge is 2.63. The summed E-state index contributed by atoms with van der Waals surface area (Å²) in [5, 5.41) is 2.72. The van der Waals surface area contributed by atoms with E-state index in [-0.39, 0.29) is 25.4 Å². The first-order valence-electron chi connectivity index (χ1n) is 7.35. The smallest absolute Gasteiger partial charge is 0.410 e. The second-order valence-corrected chi connectivity index (χ2v) is 6.99. The average molecular weight is 308 g/mol. The maximum atomic E-state index is 13.0. The first-order chi connectivity index (χ1) is 9.52. The zero-order chi connectivity index (χ0) is 15.9. The van der Waals surface area contributed by atoms with Crippen LogP contribution in [0.2, 0.25) is 0 Å². The summed E-state index contributed by atoms with van der Waals surface area (Å²) in [5.74, 6) is 0. The number of rotatable bonds is 2. The molecule has 0 aromatic carbocycles. The van der Waals surface area contributed by atoms with Gasteiger partial charge in [-0.2, -0.15) is 13.2 Å². The number of nitrogens with one attached hydrogen (secondary N) is 1. The van der Waals surface area contributed by atoms with E-state index in [0.29, 0.717) is 19.4 Å². The van der Waals surface area contributed by atoms with Gasteiger partial charge in [0.1, 0.15) is 11.1 Å². The molecule has 2 aliphatic rings. The van der Waals surface area contributed by atoms with E-state index in [1.54, 1.807) is 20.8 Å². The summed E-state index contributed by atoms with van der Waals surface area (Å²) in [6.45, 7) is 6.12. The summed E-state index contributed by atoms with van der Waals surface area (Å²) in [6.07, 6.45) is -3.09. The molecule has 1 atom stereocenters. The molecule has 21 heavy (non-hydrogen) atoms. The van der Waals surface area contributed by atoms with Crippen molar-refractivity contribution in [3.05, 3.63) is 0 Å². The van der Waals surface area contributed by atoms with Crippen LogP contribution in [0.25, 0.3) is 0 Å². The Morgan fingerprint density at radius 3 is 2.38 bits per heavy atom. The Kier molecular flexibility index (Phi) is 4.17. The third-order valence-corrected chi connectivity index (χ3v) is 3.85. The monoisotopic (exact) mass is 308 g/mol. The Labute approximate surface area is 123 Å². The first-order valence-corrected chi connectivity index (χ1v) is 7.35. The van der Waals surface area contributed by atoms with Gasteiger partial charge in [0.05, 0.1) is 0 Å². The van der Waals surface area contributed by atoms with E-state index in [2.05, 4.69) is 5.32 Å². The van der Waals surface area contributed by atoms with Crippen LogP contribution in [0.3, 0.4) is 0 Å². The van der Waals surface area contributed by atoms with Crippen LogP contribution >= 0.6 is 0 Å². The predicted octanol–water partition coefficient (Wildman–Crippen LogP) is 3.07. The fraction of sp³-hybridized carbons (Fsp3) is 0.929. The molecular weight excluding hydrogens is 285 g/mol. The highest BCUT2D eigenvalue weighted by atomic mass is 19.4. The molecule has 0 radical (unpaired) electrons. The maximum Gasteiger partial charge on any atom is 0.410 e. The first kappa shape index (κ1) is 16.4. The quantitative estimate of drug-likeness (QED) is 0.852. The van der Waals surface area contributed by atoms with Gasteiger partial charge in [-0.15, -0.1) is 0 Å². The zero-order valence-corrected chi connectivity index (χ0v) is 12.7. The standard InChI is InChI=1S/C14H23F3N2O2/c1-12(2,3)21-11(20)19-8-4-5-10(9-19)18-13(6-7-13)14(15,16)17/h10,18H,4-9H2,1-3H3. The zero-order valence-electron chi connectivity index (χ0n) is 12.7. The number of ether oxygens (including phenoxy) is 1. The summed E-state index contributed by atoms with van der Waals surface area (Å²) in [4.78, 5) is 13.5. The molecule has 7 heteroatoms. The number of halogens is 3. The highest BCUT2D eigenvalue weighted by Crippen LogP contribution is 2.49. The fourth-order valence-electron chi connectivity index (χ4n) is 2.61. The van der Waals surface area contributed by atoms with Crippen molar-refractivity contribution in [3.63, 3.8) is 0 Å². The number of carbonyl (C=O) groups excluding carboxylic acids is 1. The topological polar surface area (TPSA) is 41.6 Å². The molecule has 1 aliphatic heterocycles. The minimum Gasteiger partial charge on any atom is -0.444 e. The SMILES string of the molecule is CC(C)(C)OC(=O)N1CCCC(NC2(C(F)(F)F)CC2)C1. The number of amides is 1. The molecule has 0 aromatic heterocycles. The Bertz CT molecular complexity index is 400. The van der Waals surface area contributed by atoms with Crippen molar-refractivity contribution in [2.75, 3.05) is 13.1 Å². The van der Waals surface area contributed by atoms with E-state index in [0.717, 1.165) is 0 Å². The summed E-state index contributed by atoms with van der Waals surface area (Å²) >= 11 is 0. The van der Waals surface area contributed by atoms with Gasteiger partial charge in [0, 0.05) is 19.1 Å². The highest BCUT2D eigenvalue weighted by molar-refractivity contribution is 5.68. The number of carbonyl (C=O) groups is 1. The number of alkyl halides is 3. The molecule has 4 nitrogen and oxygen atoms in total. The van der Waals surface area contributed by atoms with Crippen LogP contribution < -0.4 is 5.32 Å². The molecule has 1 N–H and O–H groups in total. The lowest BCUT2D eigenvalue weighted by Crippen LogP contribution is -2.56. The number of piperidine rings is 1. The predicted molar refractivity (Wildman–Crippen MR) is 72.0 cm³/mol. The Balaban J connectivity index is 1.91. The van der Waals surface area contributed by atoms with Gasteiger partial charge in [0.15, 0.2) is 0 Å². The van der Waals surface area contributed by atoms with E-state index < -0.39 is 23.4 Å². The largest absolute Gasteiger partial charge is 0.444 e. The van der Waals surface area contributed by atoms with Crippen LogP contribution in [0.4, 0.5) is 18.0 Å². The Morgan fingerprint density at radius 1 is 1.29 bits per heavy atom. The number of hydrogen-bond donors (Lipinski definition) is 1. The molecule has 122 valence electrons. The van der Waals surface area contributed by atoms with Gasteiger partial charge >= 0.3 is 12.3 Å². The van der Waals surface area contributed by atoms with E-state index in [1.807, 2.05) is 0 Å². The molecule has 1 heterocycles.